The topological polar surface area (TPSA) is 36.1 Å². The number of carbonyl (C=O) groups excluding carboxylic acids is 1. The molecule has 15 heavy (non-hydrogen) atoms. The number of hydrogen-bond donors (Lipinski definition) is 1. The number of aromatic nitrogens is 1. The normalized spacial score (nSPS) is 15.7. The van der Waals surface area contributed by atoms with Crippen LogP contribution in [0.5, 0.6) is 0 Å². The maximum atomic E-state index is 12.0. The van der Waals surface area contributed by atoms with Gasteiger partial charge in [-0.25, -0.2) is 0 Å². The van der Waals surface area contributed by atoms with Gasteiger partial charge in [0.1, 0.15) is 10.3 Å². The number of carbonyl (C=O) groups is 1. The first kappa shape index (κ1) is 10.6. The van der Waals surface area contributed by atoms with Gasteiger partial charge < -0.3 is 9.88 Å². The molecule has 0 spiro atoms. The van der Waals surface area contributed by atoms with Gasteiger partial charge in [-0.2, -0.15) is 0 Å². The largest absolute Gasteiger partial charge is 0.341 e. The number of likely N-dealkylation sites (tertiary alicyclic amines) is 1. The maximum Gasteiger partial charge on any atom is 0.271 e. The van der Waals surface area contributed by atoms with E-state index in [4.69, 9.17) is 23.8 Å². The second kappa shape index (κ2) is 4.33. The Morgan fingerprint density at radius 1 is 1.40 bits per heavy atom. The van der Waals surface area contributed by atoms with Crippen molar-refractivity contribution in [2.75, 3.05) is 13.1 Å². The van der Waals surface area contributed by atoms with E-state index in [1.54, 1.807) is 17.0 Å². The van der Waals surface area contributed by atoms with E-state index in [9.17, 15) is 4.79 Å². The molecular weight excluding hydrogens is 232 g/mol. The van der Waals surface area contributed by atoms with E-state index < -0.39 is 0 Å². The molecule has 3 nitrogen and oxygen atoms in total. The van der Waals surface area contributed by atoms with Gasteiger partial charge in [-0.05, 0) is 25.0 Å². The molecule has 1 amide bonds. The monoisotopic (exact) mass is 242 g/mol. The Hall–Kier alpha value is -0.870. The zero-order chi connectivity index (χ0) is 10.8. The molecule has 1 N–H and O–H groups in total. The van der Waals surface area contributed by atoms with E-state index in [0.29, 0.717) is 15.4 Å². The first-order valence-electron chi connectivity index (χ1n) is 4.86. The zero-order valence-electron chi connectivity index (χ0n) is 8.12. The minimum Gasteiger partial charge on any atom is -0.341 e. The molecule has 5 heteroatoms. The summed E-state index contributed by atoms with van der Waals surface area (Å²) in [6.45, 7) is 1.62. The molecule has 0 aromatic carbocycles. The van der Waals surface area contributed by atoms with Crippen LogP contribution in [0, 0.1) is 4.64 Å². The van der Waals surface area contributed by atoms with E-state index in [1.807, 2.05) is 0 Å². The highest BCUT2D eigenvalue weighted by molar-refractivity contribution is 7.71. The number of aromatic amines is 1. The smallest absolute Gasteiger partial charge is 0.271 e. The molecular formula is C10H11ClN2OS. The maximum absolute atomic E-state index is 12.0. The van der Waals surface area contributed by atoms with Crippen molar-refractivity contribution < 1.29 is 4.79 Å². The van der Waals surface area contributed by atoms with Gasteiger partial charge in [0.15, 0.2) is 0 Å². The van der Waals surface area contributed by atoms with Crippen LogP contribution < -0.4 is 0 Å². The third kappa shape index (κ3) is 2.21. The Morgan fingerprint density at radius 2 is 2.07 bits per heavy atom. The lowest BCUT2D eigenvalue weighted by molar-refractivity contribution is 0.0787. The number of pyridine rings is 1. The van der Waals surface area contributed by atoms with Gasteiger partial charge in [0.25, 0.3) is 5.91 Å². The summed E-state index contributed by atoms with van der Waals surface area (Å²) in [7, 11) is 0. The molecule has 0 unspecified atom stereocenters. The van der Waals surface area contributed by atoms with Crippen molar-refractivity contribution in [3.05, 3.63) is 27.5 Å². The van der Waals surface area contributed by atoms with Crippen LogP contribution in [-0.4, -0.2) is 28.9 Å². The van der Waals surface area contributed by atoms with Crippen LogP contribution in [0.15, 0.2) is 12.1 Å². The highest BCUT2D eigenvalue weighted by Crippen LogP contribution is 2.18. The summed E-state index contributed by atoms with van der Waals surface area (Å²) in [6, 6.07) is 3.34. The second-order valence-corrected chi connectivity index (χ2v) is 4.39. The van der Waals surface area contributed by atoms with Gasteiger partial charge in [-0.1, -0.05) is 23.8 Å². The van der Waals surface area contributed by atoms with Gasteiger partial charge in [0, 0.05) is 13.1 Å². The van der Waals surface area contributed by atoms with Crippen LogP contribution in [0.2, 0.25) is 5.02 Å². The molecule has 2 rings (SSSR count). The Kier molecular flexibility index (Phi) is 3.07. The molecule has 1 aromatic rings. The predicted molar refractivity (Wildman–Crippen MR) is 61.8 cm³/mol. The number of amides is 1. The van der Waals surface area contributed by atoms with Gasteiger partial charge in [0.05, 0.1) is 5.02 Å². The summed E-state index contributed by atoms with van der Waals surface area (Å²) >= 11 is 10.9. The highest BCUT2D eigenvalue weighted by Gasteiger charge is 2.21. The standard InChI is InChI=1S/C10H11ClN2OS/c11-7-3-4-8(15)12-9(7)10(14)13-5-1-2-6-13/h3-4H,1-2,5-6H2,(H,12,15). The van der Waals surface area contributed by atoms with Crippen LogP contribution >= 0.6 is 23.8 Å². The van der Waals surface area contributed by atoms with Crippen LogP contribution in [0.4, 0.5) is 0 Å². The number of nitrogens with zero attached hydrogens (tertiary/aromatic N) is 1. The molecule has 0 radical (unpaired) electrons. The van der Waals surface area contributed by atoms with Gasteiger partial charge in [0.2, 0.25) is 0 Å². The van der Waals surface area contributed by atoms with Crippen molar-refractivity contribution in [1.29, 1.82) is 0 Å². The summed E-state index contributed by atoms with van der Waals surface area (Å²) in [5.41, 5.74) is 0.408. The third-order valence-electron chi connectivity index (χ3n) is 2.48. The Morgan fingerprint density at radius 3 is 2.73 bits per heavy atom. The third-order valence-corrected chi connectivity index (χ3v) is 3.03. The van der Waals surface area contributed by atoms with Crippen molar-refractivity contribution in [1.82, 2.24) is 9.88 Å². The fourth-order valence-electron chi connectivity index (χ4n) is 1.69. The zero-order valence-corrected chi connectivity index (χ0v) is 9.70. The van der Waals surface area contributed by atoms with Gasteiger partial charge in [-0.3, -0.25) is 4.79 Å². The number of nitrogens with one attached hydrogen (secondary N) is 1. The van der Waals surface area contributed by atoms with E-state index in [-0.39, 0.29) is 5.91 Å². The number of hydrogen-bond acceptors (Lipinski definition) is 2. The van der Waals surface area contributed by atoms with Gasteiger partial charge >= 0.3 is 0 Å². The first-order valence-corrected chi connectivity index (χ1v) is 5.65. The fraction of sp³-hybridized carbons (Fsp3) is 0.400. The van der Waals surface area contributed by atoms with Crippen LogP contribution in [0.3, 0.4) is 0 Å². The Balaban J connectivity index is 2.31. The molecule has 1 aliphatic heterocycles. The molecule has 2 heterocycles. The minimum atomic E-state index is -0.0517. The van der Waals surface area contributed by atoms with Crippen molar-refractivity contribution in [3.63, 3.8) is 0 Å². The molecule has 0 bridgehead atoms. The quantitative estimate of drug-likeness (QED) is 0.769. The Bertz CT molecular complexity index is 437. The van der Waals surface area contributed by atoms with Crippen molar-refractivity contribution in [2.45, 2.75) is 12.8 Å². The van der Waals surface area contributed by atoms with Crippen molar-refractivity contribution >= 4 is 29.7 Å². The minimum absolute atomic E-state index is 0.0517. The number of H-pyrrole nitrogens is 1. The highest BCUT2D eigenvalue weighted by atomic mass is 35.5. The van der Waals surface area contributed by atoms with Crippen molar-refractivity contribution in [3.8, 4) is 0 Å². The summed E-state index contributed by atoms with van der Waals surface area (Å²) in [5.74, 6) is -0.0517. The van der Waals surface area contributed by atoms with Crippen molar-refractivity contribution in [2.24, 2.45) is 0 Å². The SMILES string of the molecule is O=C(c1[nH]c(=S)ccc1Cl)N1CCCC1. The molecule has 1 aliphatic rings. The van der Waals surface area contributed by atoms with E-state index in [2.05, 4.69) is 4.98 Å². The first-order chi connectivity index (χ1) is 7.18. The molecule has 0 saturated carbocycles. The number of halogens is 1. The number of rotatable bonds is 1. The van der Waals surface area contributed by atoms with Crippen LogP contribution in [0.25, 0.3) is 0 Å². The lowest BCUT2D eigenvalue weighted by Crippen LogP contribution is -2.28. The summed E-state index contributed by atoms with van der Waals surface area (Å²) in [4.78, 5) is 16.6. The molecule has 0 aliphatic carbocycles. The molecule has 0 atom stereocenters. The van der Waals surface area contributed by atoms with E-state index >= 15 is 0 Å². The lowest BCUT2D eigenvalue weighted by atomic mass is 10.3. The Labute approximate surface area is 98.1 Å². The van der Waals surface area contributed by atoms with E-state index in [0.717, 1.165) is 25.9 Å². The van der Waals surface area contributed by atoms with Gasteiger partial charge in [-0.15, -0.1) is 0 Å². The molecule has 1 aromatic heterocycles. The molecule has 1 fully saturated rings. The average Bonchev–Trinajstić information content (AvgIpc) is 2.74. The molecule has 80 valence electrons. The lowest BCUT2D eigenvalue weighted by Gasteiger charge is -2.15. The average molecular weight is 243 g/mol. The fourth-order valence-corrected chi connectivity index (χ4v) is 2.05. The van der Waals surface area contributed by atoms with Crippen LogP contribution in [-0.2, 0) is 0 Å². The predicted octanol–water partition coefficient (Wildman–Crippen LogP) is 2.63. The van der Waals surface area contributed by atoms with Crippen LogP contribution in [0.1, 0.15) is 23.3 Å². The van der Waals surface area contributed by atoms with E-state index in [1.165, 1.54) is 0 Å². The summed E-state index contributed by atoms with van der Waals surface area (Å²) in [5, 5.41) is 0.431. The summed E-state index contributed by atoms with van der Waals surface area (Å²) in [6.07, 6.45) is 2.13. The summed E-state index contributed by atoms with van der Waals surface area (Å²) < 4.78 is 0.530. The second-order valence-electron chi connectivity index (χ2n) is 3.54. The molecule has 1 saturated heterocycles.